The number of hydrogen-bond donors (Lipinski definition) is 1. The molecule has 4 aromatic carbocycles. The number of nitrogens with zero attached hydrogens (tertiary/aromatic N) is 1. The highest BCUT2D eigenvalue weighted by Gasteiger charge is 2.30. The van der Waals surface area contributed by atoms with E-state index in [0.29, 0.717) is 22.2 Å². The Bertz CT molecular complexity index is 1360. The standard InChI is InChI=1S/C29H26Cl2N2O3/c1-32-29(35)26(17-20-8-3-2-4-9-20)33(18-21-14-15-24(30)25(31)16-21)28(34)19-36-27-13-7-11-22-10-5-6-12-23(22)27/h2-16,26H,17-19H2,1H3,(H,32,35)/t26-/m0/s1. The predicted octanol–water partition coefficient (Wildman–Crippen LogP) is 5.91. The lowest BCUT2D eigenvalue weighted by molar-refractivity contribution is -0.142. The average Bonchev–Trinajstić information content (AvgIpc) is 2.91. The van der Waals surface area contributed by atoms with Crippen LogP contribution in [0.3, 0.4) is 0 Å². The molecule has 0 unspecified atom stereocenters. The van der Waals surface area contributed by atoms with Gasteiger partial charge in [0.25, 0.3) is 5.91 Å². The largest absolute Gasteiger partial charge is 0.483 e. The van der Waals surface area contributed by atoms with Gasteiger partial charge in [0.2, 0.25) is 5.91 Å². The van der Waals surface area contributed by atoms with Gasteiger partial charge in [0, 0.05) is 25.4 Å². The van der Waals surface area contributed by atoms with Gasteiger partial charge in [-0.3, -0.25) is 9.59 Å². The molecule has 0 radical (unpaired) electrons. The number of likely N-dealkylation sites (N-methyl/N-ethyl adjacent to an activating group) is 1. The van der Waals surface area contributed by atoms with Crippen LogP contribution in [0, 0.1) is 0 Å². The summed E-state index contributed by atoms with van der Waals surface area (Å²) < 4.78 is 5.99. The Hall–Kier alpha value is -3.54. The number of fused-ring (bicyclic) bond motifs is 1. The van der Waals surface area contributed by atoms with Gasteiger partial charge < -0.3 is 15.0 Å². The van der Waals surface area contributed by atoms with Gasteiger partial charge in [-0.15, -0.1) is 0 Å². The first kappa shape index (κ1) is 25.5. The van der Waals surface area contributed by atoms with Crippen LogP contribution in [0.15, 0.2) is 91.0 Å². The zero-order chi connectivity index (χ0) is 25.5. The van der Waals surface area contributed by atoms with Crippen molar-refractivity contribution >= 4 is 45.8 Å². The molecular weight excluding hydrogens is 495 g/mol. The fraction of sp³-hybridized carbons (Fsp3) is 0.172. The molecule has 0 saturated carbocycles. The number of halogens is 2. The Morgan fingerprint density at radius 3 is 2.33 bits per heavy atom. The van der Waals surface area contributed by atoms with Crippen molar-refractivity contribution in [3.63, 3.8) is 0 Å². The molecule has 184 valence electrons. The average molecular weight is 521 g/mol. The number of nitrogens with one attached hydrogen (secondary N) is 1. The minimum Gasteiger partial charge on any atom is -0.483 e. The smallest absolute Gasteiger partial charge is 0.261 e. The molecule has 4 aromatic rings. The maximum atomic E-state index is 13.6. The van der Waals surface area contributed by atoms with Crippen LogP contribution in [0.4, 0.5) is 0 Å². The molecule has 0 aromatic heterocycles. The van der Waals surface area contributed by atoms with Gasteiger partial charge in [0.1, 0.15) is 11.8 Å². The first-order chi connectivity index (χ1) is 17.5. The lowest BCUT2D eigenvalue weighted by Crippen LogP contribution is -2.51. The number of carbonyl (C=O) groups excluding carboxylic acids is 2. The molecule has 0 spiro atoms. The van der Waals surface area contributed by atoms with E-state index in [1.54, 1.807) is 25.2 Å². The second-order valence-electron chi connectivity index (χ2n) is 8.36. The van der Waals surface area contributed by atoms with Crippen LogP contribution in [0.25, 0.3) is 10.8 Å². The molecule has 0 bridgehead atoms. The van der Waals surface area contributed by atoms with E-state index in [0.717, 1.165) is 21.9 Å². The lowest BCUT2D eigenvalue weighted by atomic mass is 10.0. The first-order valence-electron chi connectivity index (χ1n) is 11.6. The second-order valence-corrected chi connectivity index (χ2v) is 9.17. The summed E-state index contributed by atoms with van der Waals surface area (Å²) >= 11 is 12.3. The van der Waals surface area contributed by atoms with E-state index in [1.165, 1.54) is 4.90 Å². The van der Waals surface area contributed by atoms with E-state index in [-0.39, 0.29) is 25.0 Å². The Kier molecular flexibility index (Phi) is 8.47. The molecule has 0 aliphatic carbocycles. The molecule has 0 aliphatic rings. The van der Waals surface area contributed by atoms with Gasteiger partial charge in [-0.1, -0.05) is 96.0 Å². The first-order valence-corrected chi connectivity index (χ1v) is 12.3. The summed E-state index contributed by atoms with van der Waals surface area (Å²) in [5.74, 6) is 0.0199. The van der Waals surface area contributed by atoms with Crippen LogP contribution >= 0.6 is 23.2 Å². The monoisotopic (exact) mass is 520 g/mol. The summed E-state index contributed by atoms with van der Waals surface area (Å²) in [5.41, 5.74) is 1.69. The SMILES string of the molecule is CNC(=O)[C@H](Cc1ccccc1)N(Cc1ccc(Cl)c(Cl)c1)C(=O)COc1cccc2ccccc12. The van der Waals surface area contributed by atoms with Crippen molar-refractivity contribution in [1.82, 2.24) is 10.2 Å². The number of benzene rings is 4. The summed E-state index contributed by atoms with van der Waals surface area (Å²) in [6, 6.07) is 27.6. The zero-order valence-corrected chi connectivity index (χ0v) is 21.3. The highest BCUT2D eigenvalue weighted by molar-refractivity contribution is 6.42. The van der Waals surface area contributed by atoms with Crippen molar-refractivity contribution in [2.24, 2.45) is 0 Å². The van der Waals surface area contributed by atoms with Gasteiger partial charge in [0.05, 0.1) is 10.0 Å². The van der Waals surface area contributed by atoms with Crippen LogP contribution in [-0.2, 0) is 22.6 Å². The minimum absolute atomic E-state index is 0.166. The van der Waals surface area contributed by atoms with Crippen LogP contribution in [0.2, 0.25) is 10.0 Å². The summed E-state index contributed by atoms with van der Waals surface area (Å²) in [5, 5.41) is 5.44. The molecule has 1 atom stereocenters. The molecule has 36 heavy (non-hydrogen) atoms. The molecule has 0 aliphatic heterocycles. The molecule has 2 amide bonds. The predicted molar refractivity (Wildman–Crippen MR) is 144 cm³/mol. The van der Waals surface area contributed by atoms with Crippen molar-refractivity contribution < 1.29 is 14.3 Å². The maximum absolute atomic E-state index is 13.6. The number of hydrogen-bond acceptors (Lipinski definition) is 3. The third kappa shape index (κ3) is 6.17. The topological polar surface area (TPSA) is 58.6 Å². The van der Waals surface area contributed by atoms with Crippen molar-refractivity contribution in [2.75, 3.05) is 13.7 Å². The minimum atomic E-state index is -0.754. The molecule has 0 heterocycles. The van der Waals surface area contributed by atoms with E-state index in [1.807, 2.05) is 72.8 Å². The summed E-state index contributed by atoms with van der Waals surface area (Å²) in [6.07, 6.45) is 0.349. The fourth-order valence-corrected chi connectivity index (χ4v) is 4.42. The fourth-order valence-electron chi connectivity index (χ4n) is 4.10. The number of ether oxygens (including phenoxy) is 1. The quantitative estimate of drug-likeness (QED) is 0.298. The molecule has 4 rings (SSSR count). The third-order valence-corrected chi connectivity index (χ3v) is 6.69. The van der Waals surface area contributed by atoms with Crippen molar-refractivity contribution in [3.8, 4) is 5.75 Å². The van der Waals surface area contributed by atoms with Crippen LogP contribution < -0.4 is 10.1 Å². The van der Waals surface area contributed by atoms with E-state index in [4.69, 9.17) is 27.9 Å². The normalized spacial score (nSPS) is 11.6. The van der Waals surface area contributed by atoms with Gasteiger partial charge in [-0.2, -0.15) is 0 Å². The Balaban J connectivity index is 1.63. The highest BCUT2D eigenvalue weighted by Crippen LogP contribution is 2.26. The van der Waals surface area contributed by atoms with Gasteiger partial charge in [-0.05, 0) is 34.7 Å². The highest BCUT2D eigenvalue weighted by atomic mass is 35.5. The van der Waals surface area contributed by atoms with Gasteiger partial charge in [0.15, 0.2) is 6.61 Å². The van der Waals surface area contributed by atoms with E-state index in [2.05, 4.69) is 5.32 Å². The summed E-state index contributed by atoms with van der Waals surface area (Å²) in [4.78, 5) is 28.2. The number of amides is 2. The van der Waals surface area contributed by atoms with Gasteiger partial charge >= 0.3 is 0 Å². The van der Waals surface area contributed by atoms with E-state index >= 15 is 0 Å². The maximum Gasteiger partial charge on any atom is 0.261 e. The molecule has 1 N–H and O–H groups in total. The number of carbonyl (C=O) groups is 2. The van der Waals surface area contributed by atoms with Crippen molar-refractivity contribution in [2.45, 2.75) is 19.0 Å². The number of rotatable bonds is 9. The molecule has 0 saturated heterocycles. The molecule has 7 heteroatoms. The lowest BCUT2D eigenvalue weighted by Gasteiger charge is -2.31. The Morgan fingerprint density at radius 2 is 1.58 bits per heavy atom. The van der Waals surface area contributed by atoms with Crippen LogP contribution in [-0.4, -0.2) is 36.4 Å². The van der Waals surface area contributed by atoms with Gasteiger partial charge in [-0.25, -0.2) is 0 Å². The molecular formula is C29H26Cl2N2O3. The molecule has 0 fully saturated rings. The van der Waals surface area contributed by atoms with Crippen LogP contribution in [0.5, 0.6) is 5.75 Å². The third-order valence-electron chi connectivity index (χ3n) is 5.96. The summed E-state index contributed by atoms with van der Waals surface area (Å²) in [7, 11) is 1.56. The van der Waals surface area contributed by atoms with E-state index < -0.39 is 6.04 Å². The van der Waals surface area contributed by atoms with E-state index in [9.17, 15) is 9.59 Å². The van der Waals surface area contributed by atoms with Crippen molar-refractivity contribution in [3.05, 3.63) is 112 Å². The zero-order valence-electron chi connectivity index (χ0n) is 19.8. The Morgan fingerprint density at radius 1 is 0.861 bits per heavy atom. The second kappa shape index (κ2) is 11.9. The molecule has 5 nitrogen and oxygen atoms in total. The Labute approximate surface area is 220 Å². The van der Waals surface area contributed by atoms with Crippen molar-refractivity contribution in [1.29, 1.82) is 0 Å². The summed E-state index contributed by atoms with van der Waals surface area (Å²) in [6.45, 7) is -0.0584. The van der Waals surface area contributed by atoms with Crippen LogP contribution in [0.1, 0.15) is 11.1 Å².